The zero-order valence-corrected chi connectivity index (χ0v) is 16.5. The molecule has 0 radical (unpaired) electrons. The highest BCUT2D eigenvalue weighted by Crippen LogP contribution is 2.32. The molecule has 1 heterocycles. The van der Waals surface area contributed by atoms with Gasteiger partial charge < -0.3 is 9.64 Å². The van der Waals surface area contributed by atoms with Gasteiger partial charge >= 0.3 is 0 Å². The number of aryl methyl sites for hydroxylation is 1. The van der Waals surface area contributed by atoms with Crippen molar-refractivity contribution in [1.82, 2.24) is 0 Å². The van der Waals surface area contributed by atoms with E-state index in [9.17, 15) is 12.8 Å². The second kappa shape index (κ2) is 7.72. The summed E-state index contributed by atoms with van der Waals surface area (Å²) in [6.07, 6.45) is 0.945. The van der Waals surface area contributed by atoms with Crippen LogP contribution in [0, 0.1) is 12.7 Å². The molecule has 0 unspecified atom stereocenters. The minimum atomic E-state index is -3.50. The topological polar surface area (TPSA) is 46.6 Å². The molecule has 4 nitrogen and oxygen atoms in total. The fraction of sp³-hybridized carbons (Fsp3) is 0.333. The third-order valence-corrected chi connectivity index (χ3v) is 6.07. The van der Waals surface area contributed by atoms with Crippen LogP contribution < -0.4 is 4.90 Å². The molecule has 0 saturated carbocycles. The molecule has 0 bridgehead atoms. The Balaban J connectivity index is 1.80. The SMILES string of the molecule is C=C1OCc2cc(CS(=O)(=O)Cc3ccc(C)cc3F)ccc2N1CCC. The monoisotopic (exact) mass is 389 g/mol. The summed E-state index contributed by atoms with van der Waals surface area (Å²) >= 11 is 0. The Morgan fingerprint density at radius 1 is 1.19 bits per heavy atom. The number of hydrogen-bond donors (Lipinski definition) is 0. The van der Waals surface area contributed by atoms with Crippen LogP contribution in [0.3, 0.4) is 0 Å². The molecule has 2 aromatic carbocycles. The Kier molecular flexibility index (Phi) is 5.56. The minimum absolute atomic E-state index is 0.137. The van der Waals surface area contributed by atoms with Crippen LogP contribution in [0.4, 0.5) is 10.1 Å². The first-order valence-electron chi connectivity index (χ1n) is 8.95. The number of nitrogens with zero attached hydrogens (tertiary/aromatic N) is 1. The summed E-state index contributed by atoms with van der Waals surface area (Å²) < 4.78 is 44.8. The third kappa shape index (κ3) is 4.50. The lowest BCUT2D eigenvalue weighted by atomic mass is 10.1. The molecular weight excluding hydrogens is 365 g/mol. The second-order valence-corrected chi connectivity index (χ2v) is 8.99. The maximum Gasteiger partial charge on any atom is 0.186 e. The molecule has 6 heteroatoms. The molecule has 1 aliphatic rings. The highest BCUT2D eigenvalue weighted by atomic mass is 32.2. The molecule has 0 atom stereocenters. The summed E-state index contributed by atoms with van der Waals surface area (Å²) in [5, 5.41) is 0. The van der Waals surface area contributed by atoms with E-state index in [0.717, 1.165) is 29.8 Å². The van der Waals surface area contributed by atoms with Gasteiger partial charge in [-0.3, -0.25) is 0 Å². The van der Waals surface area contributed by atoms with Crippen LogP contribution in [0.1, 0.15) is 35.6 Å². The summed E-state index contributed by atoms with van der Waals surface area (Å²) in [5.74, 6) is -0.320. The standard InChI is InChI=1S/C21H24FNO3S/c1-4-9-23-16(3)26-12-19-11-17(6-8-21(19)23)13-27(24,25)14-18-7-5-15(2)10-20(18)22/h5-8,10-11H,3-4,9,12-14H2,1-2H3. The van der Waals surface area contributed by atoms with E-state index in [1.807, 2.05) is 23.1 Å². The Morgan fingerprint density at radius 3 is 2.67 bits per heavy atom. The summed E-state index contributed by atoms with van der Waals surface area (Å²) in [6, 6.07) is 10.2. The summed E-state index contributed by atoms with van der Waals surface area (Å²) in [7, 11) is -3.50. The minimum Gasteiger partial charge on any atom is -0.474 e. The van der Waals surface area contributed by atoms with Crippen LogP contribution in [0.2, 0.25) is 0 Å². The zero-order chi connectivity index (χ0) is 19.6. The Labute approximate surface area is 160 Å². The number of rotatable bonds is 6. The Bertz CT molecular complexity index is 969. The van der Waals surface area contributed by atoms with E-state index in [0.29, 0.717) is 18.1 Å². The number of benzene rings is 2. The number of hydrogen-bond acceptors (Lipinski definition) is 4. The van der Waals surface area contributed by atoms with Crippen molar-refractivity contribution in [3.05, 3.63) is 76.9 Å². The average Bonchev–Trinajstić information content (AvgIpc) is 2.59. The zero-order valence-electron chi connectivity index (χ0n) is 15.7. The molecule has 3 rings (SSSR count). The van der Waals surface area contributed by atoms with Crippen LogP contribution in [-0.4, -0.2) is 15.0 Å². The predicted octanol–water partition coefficient (Wildman–Crippen LogP) is 4.47. The predicted molar refractivity (Wildman–Crippen MR) is 105 cm³/mol. The van der Waals surface area contributed by atoms with Crippen LogP contribution in [0.25, 0.3) is 0 Å². The van der Waals surface area contributed by atoms with E-state index in [2.05, 4.69) is 13.5 Å². The first-order valence-corrected chi connectivity index (χ1v) is 10.8. The van der Waals surface area contributed by atoms with Gasteiger partial charge in [-0.15, -0.1) is 0 Å². The summed E-state index contributed by atoms with van der Waals surface area (Å²) in [6.45, 7) is 8.93. The summed E-state index contributed by atoms with van der Waals surface area (Å²) in [5.41, 5.74) is 3.58. The van der Waals surface area contributed by atoms with Crippen LogP contribution in [0.15, 0.2) is 48.9 Å². The van der Waals surface area contributed by atoms with Gasteiger partial charge in [-0.25, -0.2) is 12.8 Å². The smallest absolute Gasteiger partial charge is 0.186 e. The Hall–Kier alpha value is -2.34. The average molecular weight is 389 g/mol. The van der Waals surface area contributed by atoms with E-state index in [4.69, 9.17) is 4.74 Å². The fourth-order valence-electron chi connectivity index (χ4n) is 3.26. The van der Waals surface area contributed by atoms with Gasteiger partial charge in [-0.1, -0.05) is 25.1 Å². The van der Waals surface area contributed by atoms with Gasteiger partial charge in [-0.2, -0.15) is 0 Å². The van der Waals surface area contributed by atoms with Crippen molar-refractivity contribution in [1.29, 1.82) is 0 Å². The third-order valence-electron chi connectivity index (χ3n) is 4.55. The normalized spacial score (nSPS) is 14.0. The highest BCUT2D eigenvalue weighted by molar-refractivity contribution is 7.89. The first kappa shape index (κ1) is 19.4. The van der Waals surface area contributed by atoms with Crippen LogP contribution in [-0.2, 0) is 32.7 Å². The lowest BCUT2D eigenvalue weighted by Crippen LogP contribution is -2.29. The number of sulfone groups is 1. The molecule has 27 heavy (non-hydrogen) atoms. The van der Waals surface area contributed by atoms with Crippen molar-refractivity contribution in [3.63, 3.8) is 0 Å². The number of ether oxygens (including phenoxy) is 1. The van der Waals surface area contributed by atoms with E-state index in [1.165, 1.54) is 12.1 Å². The molecule has 0 spiro atoms. The lowest BCUT2D eigenvalue weighted by Gasteiger charge is -2.32. The van der Waals surface area contributed by atoms with E-state index < -0.39 is 15.7 Å². The molecule has 0 N–H and O–H groups in total. The van der Waals surface area contributed by atoms with Crippen molar-refractivity contribution in [2.45, 2.75) is 38.4 Å². The fourth-order valence-corrected chi connectivity index (χ4v) is 4.76. The van der Waals surface area contributed by atoms with Gasteiger partial charge in [0.2, 0.25) is 0 Å². The van der Waals surface area contributed by atoms with Gasteiger partial charge in [0.25, 0.3) is 0 Å². The quantitative estimate of drug-likeness (QED) is 0.731. The second-order valence-electron chi connectivity index (χ2n) is 6.92. The number of fused-ring (bicyclic) bond motifs is 1. The molecular formula is C21H24FNO3S. The summed E-state index contributed by atoms with van der Waals surface area (Å²) in [4.78, 5) is 2.00. The molecule has 0 saturated heterocycles. The van der Waals surface area contributed by atoms with E-state index in [1.54, 1.807) is 13.0 Å². The first-order chi connectivity index (χ1) is 12.8. The van der Waals surface area contributed by atoms with E-state index in [-0.39, 0.29) is 17.1 Å². The van der Waals surface area contributed by atoms with Gasteiger partial charge in [0, 0.05) is 17.7 Å². The molecule has 1 aliphatic heterocycles. The molecule has 0 amide bonds. The van der Waals surface area contributed by atoms with Crippen LogP contribution in [0.5, 0.6) is 0 Å². The maximum absolute atomic E-state index is 14.0. The van der Waals surface area contributed by atoms with Crippen molar-refractivity contribution < 1.29 is 17.5 Å². The van der Waals surface area contributed by atoms with Crippen molar-refractivity contribution in [2.24, 2.45) is 0 Å². The van der Waals surface area contributed by atoms with Gasteiger partial charge in [0.1, 0.15) is 12.4 Å². The highest BCUT2D eigenvalue weighted by Gasteiger charge is 2.22. The number of anilines is 1. The Morgan fingerprint density at radius 2 is 1.96 bits per heavy atom. The van der Waals surface area contributed by atoms with Gasteiger partial charge in [0.05, 0.1) is 17.2 Å². The lowest BCUT2D eigenvalue weighted by molar-refractivity contribution is 0.181. The maximum atomic E-state index is 14.0. The number of halogens is 1. The van der Waals surface area contributed by atoms with Crippen molar-refractivity contribution >= 4 is 15.5 Å². The van der Waals surface area contributed by atoms with Crippen LogP contribution >= 0.6 is 0 Å². The van der Waals surface area contributed by atoms with Gasteiger partial charge in [0.15, 0.2) is 15.7 Å². The largest absolute Gasteiger partial charge is 0.474 e. The molecule has 0 fully saturated rings. The van der Waals surface area contributed by atoms with Crippen molar-refractivity contribution in [3.8, 4) is 0 Å². The van der Waals surface area contributed by atoms with Gasteiger partial charge in [-0.05, 0) is 49.2 Å². The van der Waals surface area contributed by atoms with Crippen molar-refractivity contribution in [2.75, 3.05) is 11.4 Å². The molecule has 144 valence electrons. The molecule has 2 aromatic rings. The van der Waals surface area contributed by atoms with E-state index >= 15 is 0 Å². The molecule has 0 aliphatic carbocycles. The molecule has 0 aromatic heterocycles.